The quantitative estimate of drug-likeness (QED) is 0.372. The number of hydrogen-bond donors (Lipinski definition) is 0. The molecule has 190 valence electrons. The highest BCUT2D eigenvalue weighted by molar-refractivity contribution is 5.66. The van der Waals surface area contributed by atoms with E-state index in [9.17, 15) is 4.79 Å². The van der Waals surface area contributed by atoms with E-state index >= 15 is 0 Å². The summed E-state index contributed by atoms with van der Waals surface area (Å²) in [5.74, 6) is 6.01. The fourth-order valence-corrected chi connectivity index (χ4v) is 10.5. The highest BCUT2D eigenvalue weighted by atomic mass is 16.5. The molecule has 4 fully saturated rings. The molecule has 33 heavy (non-hydrogen) atoms. The maximum Gasteiger partial charge on any atom is 0.302 e. The minimum atomic E-state index is -0.0988. The fraction of sp³-hybridized carbons (Fsp3) is 0.968. The molecule has 0 bridgehead atoms. The molecule has 4 rings (SSSR count). The van der Waals surface area contributed by atoms with Crippen LogP contribution in [0.1, 0.15) is 126 Å². The Bertz CT molecular complexity index is 710. The van der Waals surface area contributed by atoms with Crippen LogP contribution in [0.15, 0.2) is 0 Å². The predicted molar refractivity (Wildman–Crippen MR) is 138 cm³/mol. The lowest BCUT2D eigenvalue weighted by atomic mass is 9.41. The van der Waals surface area contributed by atoms with Gasteiger partial charge in [0.1, 0.15) is 6.10 Å². The Morgan fingerprint density at radius 2 is 1.52 bits per heavy atom. The van der Waals surface area contributed by atoms with Crippen molar-refractivity contribution in [3.8, 4) is 0 Å². The average Bonchev–Trinajstić information content (AvgIpc) is 3.07. The van der Waals surface area contributed by atoms with E-state index in [1.54, 1.807) is 6.92 Å². The van der Waals surface area contributed by atoms with Crippen LogP contribution in [-0.4, -0.2) is 12.1 Å². The normalized spacial score (nSPS) is 45.1. The number of esters is 1. The zero-order valence-electron chi connectivity index (χ0n) is 23.2. The van der Waals surface area contributed by atoms with Gasteiger partial charge in [0, 0.05) is 12.3 Å². The summed E-state index contributed by atoms with van der Waals surface area (Å²) < 4.78 is 5.87. The third-order valence-electron chi connectivity index (χ3n) is 12.1. The van der Waals surface area contributed by atoms with E-state index in [0.29, 0.717) is 16.7 Å². The topological polar surface area (TPSA) is 26.3 Å². The Hall–Kier alpha value is -0.530. The standard InChI is InChI=1S/C31H54O2/c1-20(2)10-9-11-21(3)24-13-14-25-23-12-15-27-29(5,6)28(33-22(4)32)17-19-31(27,8)26(23)16-18-30(24,25)7/h20-21,23-28H,9-19H2,1-8H3/t21-,23?,24?,25?,26?,27?,28-,30+,31+/m0/s1. The zero-order valence-corrected chi connectivity index (χ0v) is 23.2. The molecule has 0 radical (unpaired) electrons. The summed E-state index contributed by atoms with van der Waals surface area (Å²) in [4.78, 5) is 11.8. The van der Waals surface area contributed by atoms with Crippen molar-refractivity contribution in [3.63, 3.8) is 0 Å². The van der Waals surface area contributed by atoms with E-state index in [2.05, 4.69) is 48.5 Å². The number of rotatable bonds is 6. The molecular weight excluding hydrogens is 404 g/mol. The van der Waals surface area contributed by atoms with Crippen LogP contribution in [0.2, 0.25) is 0 Å². The maximum absolute atomic E-state index is 11.8. The molecule has 4 aliphatic rings. The molecular formula is C31H54O2. The summed E-state index contributed by atoms with van der Waals surface area (Å²) in [6.07, 6.45) is 15.3. The second-order valence-corrected chi connectivity index (χ2v) is 14.5. The van der Waals surface area contributed by atoms with Gasteiger partial charge in [0.15, 0.2) is 0 Å². The average molecular weight is 459 g/mol. The maximum atomic E-state index is 11.8. The molecule has 0 aromatic carbocycles. The third-order valence-corrected chi connectivity index (χ3v) is 12.1. The molecule has 9 atom stereocenters. The molecule has 2 nitrogen and oxygen atoms in total. The van der Waals surface area contributed by atoms with Crippen LogP contribution in [0.3, 0.4) is 0 Å². The van der Waals surface area contributed by atoms with E-state index in [0.717, 1.165) is 41.9 Å². The van der Waals surface area contributed by atoms with Crippen LogP contribution in [0.4, 0.5) is 0 Å². The van der Waals surface area contributed by atoms with Gasteiger partial charge in [-0.05, 0) is 104 Å². The molecule has 0 heterocycles. The number of carbonyl (C=O) groups is 1. The third kappa shape index (κ3) is 4.33. The van der Waals surface area contributed by atoms with E-state index in [1.165, 1.54) is 64.2 Å². The second-order valence-electron chi connectivity index (χ2n) is 14.5. The van der Waals surface area contributed by atoms with Gasteiger partial charge in [-0.1, -0.05) is 67.7 Å². The molecule has 0 amide bonds. The molecule has 4 aliphatic carbocycles. The Labute approximate surface area is 205 Å². The van der Waals surface area contributed by atoms with Crippen molar-refractivity contribution in [1.82, 2.24) is 0 Å². The van der Waals surface area contributed by atoms with Crippen LogP contribution in [0.5, 0.6) is 0 Å². The highest BCUT2D eigenvalue weighted by Crippen LogP contribution is 2.70. The first-order valence-electron chi connectivity index (χ1n) is 14.6. The molecule has 0 saturated heterocycles. The molecule has 0 spiro atoms. The van der Waals surface area contributed by atoms with E-state index in [-0.39, 0.29) is 17.5 Å². The summed E-state index contributed by atoms with van der Waals surface area (Å²) in [6.45, 7) is 19.1. The molecule has 0 N–H and O–H groups in total. The fourth-order valence-electron chi connectivity index (χ4n) is 10.5. The Balaban J connectivity index is 1.49. The minimum absolute atomic E-state index is 0.0908. The van der Waals surface area contributed by atoms with Crippen molar-refractivity contribution in [2.45, 2.75) is 132 Å². The lowest BCUT2D eigenvalue weighted by Gasteiger charge is -2.65. The van der Waals surface area contributed by atoms with E-state index in [4.69, 9.17) is 4.74 Å². The monoisotopic (exact) mass is 458 g/mol. The predicted octanol–water partition coefficient (Wildman–Crippen LogP) is 8.68. The van der Waals surface area contributed by atoms with Gasteiger partial charge < -0.3 is 4.74 Å². The van der Waals surface area contributed by atoms with Crippen molar-refractivity contribution >= 4 is 5.97 Å². The lowest BCUT2D eigenvalue weighted by molar-refractivity contribution is -0.195. The first-order valence-corrected chi connectivity index (χ1v) is 14.6. The number of carbonyl (C=O) groups excluding carboxylic acids is 1. The van der Waals surface area contributed by atoms with Gasteiger partial charge in [0.2, 0.25) is 0 Å². The Morgan fingerprint density at radius 3 is 2.18 bits per heavy atom. The molecule has 2 heteroatoms. The summed E-state index contributed by atoms with van der Waals surface area (Å²) in [7, 11) is 0. The van der Waals surface area contributed by atoms with Crippen LogP contribution < -0.4 is 0 Å². The van der Waals surface area contributed by atoms with Crippen LogP contribution in [0, 0.1) is 57.7 Å². The lowest BCUT2D eigenvalue weighted by Crippen LogP contribution is -2.59. The smallest absolute Gasteiger partial charge is 0.302 e. The van der Waals surface area contributed by atoms with Crippen LogP contribution in [-0.2, 0) is 9.53 Å². The first-order chi connectivity index (χ1) is 15.4. The van der Waals surface area contributed by atoms with Crippen molar-refractivity contribution < 1.29 is 9.53 Å². The van der Waals surface area contributed by atoms with Gasteiger partial charge >= 0.3 is 5.97 Å². The van der Waals surface area contributed by atoms with E-state index < -0.39 is 0 Å². The van der Waals surface area contributed by atoms with E-state index in [1.807, 2.05) is 0 Å². The van der Waals surface area contributed by atoms with Gasteiger partial charge in [0.05, 0.1) is 0 Å². The summed E-state index contributed by atoms with van der Waals surface area (Å²) in [6, 6.07) is 0. The number of ether oxygens (including phenoxy) is 1. The summed E-state index contributed by atoms with van der Waals surface area (Å²) >= 11 is 0. The molecule has 0 aromatic heterocycles. The summed E-state index contributed by atoms with van der Waals surface area (Å²) in [5.41, 5.74) is 1.09. The van der Waals surface area contributed by atoms with Crippen molar-refractivity contribution in [3.05, 3.63) is 0 Å². The number of hydrogen-bond acceptors (Lipinski definition) is 2. The molecule has 0 aromatic rings. The first kappa shape index (κ1) is 25.6. The van der Waals surface area contributed by atoms with Gasteiger partial charge in [-0.2, -0.15) is 0 Å². The van der Waals surface area contributed by atoms with Crippen LogP contribution >= 0.6 is 0 Å². The Kier molecular flexibility index (Phi) is 7.10. The largest absolute Gasteiger partial charge is 0.462 e. The van der Waals surface area contributed by atoms with Gasteiger partial charge in [-0.25, -0.2) is 0 Å². The van der Waals surface area contributed by atoms with Crippen molar-refractivity contribution in [1.29, 1.82) is 0 Å². The van der Waals surface area contributed by atoms with Gasteiger partial charge in [0.25, 0.3) is 0 Å². The van der Waals surface area contributed by atoms with Crippen molar-refractivity contribution in [2.75, 3.05) is 0 Å². The highest BCUT2D eigenvalue weighted by Gasteiger charge is 2.63. The molecule has 5 unspecified atom stereocenters. The second kappa shape index (κ2) is 9.16. The summed E-state index contributed by atoms with van der Waals surface area (Å²) in [5, 5.41) is 0. The van der Waals surface area contributed by atoms with Gasteiger partial charge in [-0.15, -0.1) is 0 Å². The number of fused-ring (bicyclic) bond motifs is 5. The Morgan fingerprint density at radius 1 is 0.848 bits per heavy atom. The SMILES string of the molecule is CC(=O)O[C@H]1CC[C@]2(C)C3CC[C@@]4(C)C(CCC4[C@@H](C)CCCC(C)C)C3CCC2C1(C)C. The zero-order chi connectivity index (χ0) is 24.2. The molecule has 0 aliphatic heterocycles. The van der Waals surface area contributed by atoms with Gasteiger partial charge in [-0.3, -0.25) is 4.79 Å². The van der Waals surface area contributed by atoms with Crippen LogP contribution in [0.25, 0.3) is 0 Å². The molecule has 4 saturated carbocycles. The minimum Gasteiger partial charge on any atom is -0.462 e. The van der Waals surface area contributed by atoms with Crippen molar-refractivity contribution in [2.24, 2.45) is 57.7 Å².